The van der Waals surface area contributed by atoms with Crippen LogP contribution < -0.4 is 0 Å². The quantitative estimate of drug-likeness (QED) is 0.545. The smallest absolute Gasteiger partial charge is 0.330 e. The molecule has 5 heteroatoms. The van der Waals surface area contributed by atoms with Crippen LogP contribution in [0, 0.1) is 0 Å². The number of hydrogen-bond acceptors (Lipinski definition) is 3. The van der Waals surface area contributed by atoms with Crippen LogP contribution in [0.5, 0.6) is 0 Å². The zero-order chi connectivity index (χ0) is 9.10. The maximum absolute atomic E-state index is 11.7. The minimum Gasteiger partial charge on any atom is -0.378 e. The highest BCUT2D eigenvalue weighted by Gasteiger charge is 2.23. The molecule has 0 spiro atoms. The lowest BCUT2D eigenvalue weighted by Gasteiger charge is -2.29. The van der Waals surface area contributed by atoms with Crippen LogP contribution >= 0.6 is 11.9 Å². The maximum Gasteiger partial charge on any atom is 0.330 e. The molecule has 2 amide bonds. The molecule has 1 fully saturated rings. The van der Waals surface area contributed by atoms with E-state index in [4.69, 9.17) is 4.74 Å². The van der Waals surface area contributed by atoms with Crippen LogP contribution in [0.3, 0.4) is 0 Å². The third kappa shape index (κ3) is 1.97. The van der Waals surface area contributed by atoms with Crippen molar-refractivity contribution in [3.05, 3.63) is 11.5 Å². The van der Waals surface area contributed by atoms with Gasteiger partial charge in [-0.05, 0) is 17.4 Å². The van der Waals surface area contributed by atoms with Crippen molar-refractivity contribution in [1.29, 1.82) is 0 Å². The Labute approximate surface area is 81.6 Å². The fourth-order valence-electron chi connectivity index (χ4n) is 1.33. The van der Waals surface area contributed by atoms with E-state index in [0.717, 1.165) is 19.6 Å². The zero-order valence-electron chi connectivity index (χ0n) is 7.31. The standard InChI is InChI=1S/C8H12N2O2S/c11-8(10-2-1-7-13-10)9-3-5-12-6-4-9/h1,7H,2-6H2. The highest BCUT2D eigenvalue weighted by molar-refractivity contribution is 8.00. The molecule has 0 aliphatic carbocycles. The van der Waals surface area contributed by atoms with Gasteiger partial charge in [0.25, 0.3) is 0 Å². The van der Waals surface area contributed by atoms with Gasteiger partial charge in [-0.3, -0.25) is 4.31 Å². The number of nitrogens with zero attached hydrogens (tertiary/aromatic N) is 2. The van der Waals surface area contributed by atoms with Gasteiger partial charge in [0.2, 0.25) is 0 Å². The summed E-state index contributed by atoms with van der Waals surface area (Å²) in [5.41, 5.74) is 0. The largest absolute Gasteiger partial charge is 0.378 e. The summed E-state index contributed by atoms with van der Waals surface area (Å²) in [5, 5.41) is 1.94. The molecule has 0 radical (unpaired) electrons. The molecule has 2 heterocycles. The number of ether oxygens (including phenoxy) is 1. The van der Waals surface area contributed by atoms with Gasteiger partial charge in [-0.1, -0.05) is 6.08 Å². The van der Waals surface area contributed by atoms with Crippen molar-refractivity contribution in [3.8, 4) is 0 Å². The van der Waals surface area contributed by atoms with Crippen molar-refractivity contribution in [2.75, 3.05) is 32.8 Å². The first kappa shape index (κ1) is 8.90. The van der Waals surface area contributed by atoms with Gasteiger partial charge in [-0.2, -0.15) is 0 Å². The lowest BCUT2D eigenvalue weighted by Crippen LogP contribution is -2.45. The highest BCUT2D eigenvalue weighted by atomic mass is 32.2. The van der Waals surface area contributed by atoms with E-state index >= 15 is 0 Å². The van der Waals surface area contributed by atoms with Gasteiger partial charge in [0, 0.05) is 13.1 Å². The monoisotopic (exact) mass is 200 g/mol. The number of carbonyl (C=O) groups is 1. The van der Waals surface area contributed by atoms with E-state index in [1.54, 1.807) is 4.31 Å². The number of rotatable bonds is 0. The summed E-state index contributed by atoms with van der Waals surface area (Å²) < 4.78 is 6.93. The van der Waals surface area contributed by atoms with Gasteiger partial charge in [0.1, 0.15) is 0 Å². The Morgan fingerprint density at radius 3 is 2.77 bits per heavy atom. The van der Waals surface area contributed by atoms with Gasteiger partial charge in [-0.25, -0.2) is 4.79 Å². The fourth-order valence-corrected chi connectivity index (χ4v) is 2.03. The van der Waals surface area contributed by atoms with Crippen LogP contribution in [-0.2, 0) is 4.74 Å². The third-order valence-corrected chi connectivity index (χ3v) is 2.92. The molecule has 0 bridgehead atoms. The number of carbonyl (C=O) groups excluding carboxylic acids is 1. The SMILES string of the molecule is O=C(N1CCOCC1)N1CC=CS1. The Kier molecular flexibility index (Phi) is 2.75. The molecular weight excluding hydrogens is 188 g/mol. The molecule has 0 unspecified atom stereocenters. The van der Waals surface area contributed by atoms with E-state index in [2.05, 4.69) is 0 Å². The van der Waals surface area contributed by atoms with Crippen molar-refractivity contribution < 1.29 is 9.53 Å². The van der Waals surface area contributed by atoms with E-state index in [0.29, 0.717) is 13.2 Å². The van der Waals surface area contributed by atoms with E-state index in [9.17, 15) is 4.79 Å². The topological polar surface area (TPSA) is 32.8 Å². The van der Waals surface area contributed by atoms with E-state index < -0.39 is 0 Å². The number of morpholine rings is 1. The van der Waals surface area contributed by atoms with Gasteiger partial charge in [0.05, 0.1) is 19.8 Å². The summed E-state index contributed by atoms with van der Waals surface area (Å²) >= 11 is 1.46. The minimum absolute atomic E-state index is 0.110. The summed E-state index contributed by atoms with van der Waals surface area (Å²) in [6.45, 7) is 3.49. The average molecular weight is 200 g/mol. The van der Waals surface area contributed by atoms with E-state index in [-0.39, 0.29) is 6.03 Å². The van der Waals surface area contributed by atoms with Crippen LogP contribution in [0.15, 0.2) is 11.5 Å². The van der Waals surface area contributed by atoms with Crippen LogP contribution in [0.4, 0.5) is 4.79 Å². The summed E-state index contributed by atoms with van der Waals surface area (Å²) in [5.74, 6) is 0. The highest BCUT2D eigenvalue weighted by Crippen LogP contribution is 2.20. The Bertz CT molecular complexity index is 218. The first-order valence-electron chi connectivity index (χ1n) is 4.34. The molecule has 0 atom stereocenters. The molecule has 13 heavy (non-hydrogen) atoms. The molecule has 0 N–H and O–H groups in total. The van der Waals surface area contributed by atoms with Crippen LogP contribution in [-0.4, -0.2) is 48.1 Å². The van der Waals surface area contributed by atoms with E-state index in [1.807, 2.05) is 16.4 Å². The van der Waals surface area contributed by atoms with Gasteiger partial charge >= 0.3 is 6.03 Å². The second-order valence-corrected chi connectivity index (χ2v) is 3.84. The molecule has 0 saturated carbocycles. The first-order chi connectivity index (χ1) is 6.38. The average Bonchev–Trinajstić information content (AvgIpc) is 2.71. The summed E-state index contributed by atoms with van der Waals surface area (Å²) in [6.07, 6.45) is 1.99. The Morgan fingerprint density at radius 2 is 2.15 bits per heavy atom. The van der Waals surface area contributed by atoms with Crippen LogP contribution in [0.25, 0.3) is 0 Å². The number of amides is 2. The Morgan fingerprint density at radius 1 is 1.38 bits per heavy atom. The first-order valence-corrected chi connectivity index (χ1v) is 5.17. The normalized spacial score (nSPS) is 22.5. The third-order valence-electron chi connectivity index (χ3n) is 2.05. The molecule has 0 aromatic heterocycles. The van der Waals surface area contributed by atoms with Crippen LogP contribution in [0.2, 0.25) is 0 Å². The van der Waals surface area contributed by atoms with Crippen molar-refractivity contribution in [1.82, 2.24) is 9.21 Å². The minimum atomic E-state index is 0.110. The predicted octanol–water partition coefficient (Wildman–Crippen LogP) is 0.916. The predicted molar refractivity (Wildman–Crippen MR) is 51.2 cm³/mol. The molecule has 2 aliphatic heterocycles. The van der Waals surface area contributed by atoms with Gasteiger partial charge < -0.3 is 9.64 Å². The fraction of sp³-hybridized carbons (Fsp3) is 0.625. The molecule has 0 aromatic rings. The molecule has 2 aliphatic rings. The molecule has 1 saturated heterocycles. The lowest BCUT2D eigenvalue weighted by molar-refractivity contribution is 0.0498. The Balaban J connectivity index is 1.88. The van der Waals surface area contributed by atoms with Crippen molar-refractivity contribution >= 4 is 18.0 Å². The summed E-state index contributed by atoms with van der Waals surface area (Å²) in [4.78, 5) is 13.6. The molecule has 4 nitrogen and oxygen atoms in total. The van der Waals surface area contributed by atoms with Gasteiger partial charge in [-0.15, -0.1) is 0 Å². The molecular formula is C8H12N2O2S. The molecule has 2 rings (SSSR count). The van der Waals surface area contributed by atoms with Crippen molar-refractivity contribution in [3.63, 3.8) is 0 Å². The number of hydrogen-bond donors (Lipinski definition) is 0. The van der Waals surface area contributed by atoms with Crippen molar-refractivity contribution in [2.45, 2.75) is 0 Å². The second-order valence-electron chi connectivity index (χ2n) is 2.92. The Hall–Kier alpha value is -0.680. The molecule has 0 aromatic carbocycles. The van der Waals surface area contributed by atoms with Gasteiger partial charge in [0.15, 0.2) is 0 Å². The lowest BCUT2D eigenvalue weighted by atomic mass is 10.4. The number of urea groups is 1. The second kappa shape index (κ2) is 4.02. The molecule has 72 valence electrons. The van der Waals surface area contributed by atoms with Crippen molar-refractivity contribution in [2.24, 2.45) is 0 Å². The zero-order valence-corrected chi connectivity index (χ0v) is 8.13. The van der Waals surface area contributed by atoms with E-state index in [1.165, 1.54) is 11.9 Å². The summed E-state index contributed by atoms with van der Waals surface area (Å²) in [6, 6.07) is 0.110. The summed E-state index contributed by atoms with van der Waals surface area (Å²) in [7, 11) is 0. The maximum atomic E-state index is 11.7. The van der Waals surface area contributed by atoms with Crippen LogP contribution in [0.1, 0.15) is 0 Å².